The lowest BCUT2D eigenvalue weighted by Crippen LogP contribution is -2.34. The van der Waals surface area contributed by atoms with E-state index in [-0.39, 0.29) is 5.91 Å². The molecule has 4 rings (SSSR count). The van der Waals surface area contributed by atoms with E-state index in [1.165, 1.54) is 16.7 Å². The van der Waals surface area contributed by atoms with Gasteiger partial charge in [0.15, 0.2) is 0 Å². The molecule has 1 fully saturated rings. The van der Waals surface area contributed by atoms with Crippen molar-refractivity contribution in [3.8, 4) is 5.75 Å². The average Bonchev–Trinajstić information content (AvgIpc) is 3.26. The summed E-state index contributed by atoms with van der Waals surface area (Å²) in [5, 5.41) is 3.68. The van der Waals surface area contributed by atoms with Crippen LogP contribution in [0, 0.1) is 0 Å². The lowest BCUT2D eigenvalue weighted by atomic mass is 9.88. The lowest BCUT2D eigenvalue weighted by molar-refractivity contribution is 0.0793. The van der Waals surface area contributed by atoms with E-state index in [1.807, 2.05) is 17.0 Å². The summed E-state index contributed by atoms with van der Waals surface area (Å²) in [5.74, 6) is 1.11. The maximum absolute atomic E-state index is 12.4. The summed E-state index contributed by atoms with van der Waals surface area (Å²) in [6.07, 6.45) is 5.57. The van der Waals surface area contributed by atoms with Crippen molar-refractivity contribution < 1.29 is 9.53 Å². The van der Waals surface area contributed by atoms with Gasteiger partial charge in [0.05, 0.1) is 7.11 Å². The molecule has 2 aromatic rings. The van der Waals surface area contributed by atoms with Crippen molar-refractivity contribution in [2.75, 3.05) is 20.2 Å². The maximum Gasteiger partial charge on any atom is 0.253 e. The van der Waals surface area contributed by atoms with E-state index in [4.69, 9.17) is 4.74 Å². The van der Waals surface area contributed by atoms with Crippen molar-refractivity contribution in [2.24, 2.45) is 0 Å². The Morgan fingerprint density at radius 2 is 1.89 bits per heavy atom. The minimum absolute atomic E-state index is 0.171. The highest BCUT2D eigenvalue weighted by molar-refractivity contribution is 5.94. The van der Waals surface area contributed by atoms with E-state index in [9.17, 15) is 4.79 Å². The van der Waals surface area contributed by atoms with E-state index < -0.39 is 0 Å². The van der Waals surface area contributed by atoms with Crippen molar-refractivity contribution in [1.29, 1.82) is 0 Å². The van der Waals surface area contributed by atoms with E-state index in [2.05, 4.69) is 35.6 Å². The van der Waals surface area contributed by atoms with Crippen molar-refractivity contribution in [1.82, 2.24) is 10.2 Å². The molecule has 4 nitrogen and oxygen atoms in total. The Hall–Kier alpha value is -2.33. The minimum atomic E-state index is 0.171. The van der Waals surface area contributed by atoms with Crippen LogP contribution in [0.4, 0.5) is 0 Å². The molecule has 1 heterocycles. The molecule has 0 bridgehead atoms. The highest BCUT2D eigenvalue weighted by Gasteiger charge is 2.20. The lowest BCUT2D eigenvalue weighted by Gasteiger charge is -2.26. The average molecular weight is 364 g/mol. The number of methoxy groups -OCH3 is 1. The summed E-state index contributed by atoms with van der Waals surface area (Å²) in [5.41, 5.74) is 4.87. The van der Waals surface area contributed by atoms with Crippen LogP contribution in [0.3, 0.4) is 0 Å². The van der Waals surface area contributed by atoms with Gasteiger partial charge in [-0.3, -0.25) is 4.79 Å². The molecule has 1 aliphatic carbocycles. The van der Waals surface area contributed by atoms with Crippen LogP contribution in [0.1, 0.15) is 46.3 Å². The highest BCUT2D eigenvalue weighted by atomic mass is 16.5. The first-order valence-corrected chi connectivity index (χ1v) is 10.0. The first-order chi connectivity index (χ1) is 13.2. The van der Waals surface area contributed by atoms with Gasteiger partial charge in [0, 0.05) is 31.2 Å². The Morgan fingerprint density at radius 1 is 1.11 bits per heavy atom. The molecule has 1 amide bonds. The van der Waals surface area contributed by atoms with Gasteiger partial charge in [0.1, 0.15) is 5.75 Å². The molecule has 0 saturated carbocycles. The number of fused-ring (bicyclic) bond motifs is 1. The van der Waals surface area contributed by atoms with Gasteiger partial charge < -0.3 is 15.0 Å². The summed E-state index contributed by atoms with van der Waals surface area (Å²) < 4.78 is 5.36. The van der Waals surface area contributed by atoms with E-state index in [0.29, 0.717) is 6.04 Å². The number of hydrogen-bond donors (Lipinski definition) is 1. The molecule has 142 valence electrons. The normalized spacial score (nSPS) is 19.0. The largest absolute Gasteiger partial charge is 0.497 e. The second-order valence-corrected chi connectivity index (χ2v) is 7.65. The maximum atomic E-state index is 12.4. The molecule has 4 heteroatoms. The van der Waals surface area contributed by atoms with Gasteiger partial charge in [-0.05, 0) is 73.1 Å². The Labute approximate surface area is 161 Å². The van der Waals surface area contributed by atoms with Crippen LogP contribution >= 0.6 is 0 Å². The standard InChI is InChI=1S/C23H28N2O2/c1-27-22-11-9-18-8-10-21(14-20(18)15-22)24-16-17-4-6-19(7-5-17)23(26)25-12-2-3-13-25/h4-7,9,11,15,21,24H,2-3,8,10,12-14,16H2,1H3. The minimum Gasteiger partial charge on any atom is -0.497 e. The predicted molar refractivity (Wildman–Crippen MR) is 107 cm³/mol. The molecule has 27 heavy (non-hydrogen) atoms. The monoisotopic (exact) mass is 364 g/mol. The fourth-order valence-corrected chi connectivity index (χ4v) is 4.16. The second-order valence-electron chi connectivity index (χ2n) is 7.65. The van der Waals surface area contributed by atoms with Crippen LogP contribution in [-0.2, 0) is 19.4 Å². The first kappa shape index (κ1) is 18.1. The van der Waals surface area contributed by atoms with Gasteiger partial charge in [0.25, 0.3) is 5.91 Å². The molecule has 0 radical (unpaired) electrons. The highest BCUT2D eigenvalue weighted by Crippen LogP contribution is 2.25. The first-order valence-electron chi connectivity index (χ1n) is 10.0. The van der Waals surface area contributed by atoms with Gasteiger partial charge in [-0.25, -0.2) is 0 Å². The fraction of sp³-hybridized carbons (Fsp3) is 0.435. The van der Waals surface area contributed by atoms with Crippen molar-refractivity contribution in [2.45, 2.75) is 44.7 Å². The third kappa shape index (κ3) is 4.16. The second kappa shape index (κ2) is 8.13. The predicted octanol–water partition coefficient (Wildman–Crippen LogP) is 3.58. The third-order valence-corrected chi connectivity index (χ3v) is 5.83. The molecule has 1 N–H and O–H groups in total. The molecule has 2 aliphatic rings. The van der Waals surface area contributed by atoms with Crippen LogP contribution in [0.15, 0.2) is 42.5 Å². The third-order valence-electron chi connectivity index (χ3n) is 5.83. The Morgan fingerprint density at radius 3 is 2.63 bits per heavy atom. The Balaban J connectivity index is 1.33. The summed E-state index contributed by atoms with van der Waals surface area (Å²) in [7, 11) is 1.72. The summed E-state index contributed by atoms with van der Waals surface area (Å²) in [6, 6.07) is 15.0. The number of aryl methyl sites for hydroxylation is 1. The zero-order valence-electron chi connectivity index (χ0n) is 16.0. The zero-order chi connectivity index (χ0) is 18.6. The van der Waals surface area contributed by atoms with Gasteiger partial charge in [-0.15, -0.1) is 0 Å². The van der Waals surface area contributed by atoms with Crippen molar-refractivity contribution in [3.05, 3.63) is 64.7 Å². The van der Waals surface area contributed by atoms with Crippen LogP contribution < -0.4 is 10.1 Å². The molecule has 1 atom stereocenters. The van der Waals surface area contributed by atoms with Crippen LogP contribution in [-0.4, -0.2) is 37.0 Å². The molecule has 0 spiro atoms. The molecular weight excluding hydrogens is 336 g/mol. The number of ether oxygens (including phenoxy) is 1. The van der Waals surface area contributed by atoms with Gasteiger partial charge in [0.2, 0.25) is 0 Å². The number of rotatable bonds is 5. The number of benzene rings is 2. The number of nitrogens with one attached hydrogen (secondary N) is 1. The molecule has 1 aliphatic heterocycles. The van der Waals surface area contributed by atoms with Crippen LogP contribution in [0.5, 0.6) is 5.75 Å². The van der Waals surface area contributed by atoms with Crippen molar-refractivity contribution in [3.63, 3.8) is 0 Å². The van der Waals surface area contributed by atoms with E-state index in [1.54, 1.807) is 7.11 Å². The number of amides is 1. The fourth-order valence-electron chi connectivity index (χ4n) is 4.16. The summed E-state index contributed by atoms with van der Waals surface area (Å²) >= 11 is 0. The van der Waals surface area contributed by atoms with Gasteiger partial charge in [-0.1, -0.05) is 18.2 Å². The number of carbonyl (C=O) groups is 1. The summed E-state index contributed by atoms with van der Waals surface area (Å²) in [6.45, 7) is 2.63. The zero-order valence-corrected chi connectivity index (χ0v) is 16.0. The molecule has 1 unspecified atom stereocenters. The number of carbonyl (C=O) groups excluding carboxylic acids is 1. The molecule has 2 aromatic carbocycles. The quantitative estimate of drug-likeness (QED) is 0.882. The van der Waals surface area contributed by atoms with E-state index >= 15 is 0 Å². The number of nitrogens with zero attached hydrogens (tertiary/aromatic N) is 1. The van der Waals surface area contributed by atoms with Gasteiger partial charge >= 0.3 is 0 Å². The van der Waals surface area contributed by atoms with E-state index in [0.717, 1.165) is 63.1 Å². The van der Waals surface area contributed by atoms with Crippen LogP contribution in [0.2, 0.25) is 0 Å². The van der Waals surface area contributed by atoms with Crippen molar-refractivity contribution >= 4 is 5.91 Å². The number of likely N-dealkylation sites (tertiary alicyclic amines) is 1. The number of hydrogen-bond acceptors (Lipinski definition) is 3. The van der Waals surface area contributed by atoms with Crippen LogP contribution in [0.25, 0.3) is 0 Å². The Bertz CT molecular complexity index is 795. The smallest absolute Gasteiger partial charge is 0.253 e. The van der Waals surface area contributed by atoms with Gasteiger partial charge in [-0.2, -0.15) is 0 Å². The topological polar surface area (TPSA) is 41.6 Å². The SMILES string of the molecule is COc1ccc2c(c1)CC(NCc1ccc(C(=O)N3CCCC3)cc1)CC2. The summed E-state index contributed by atoms with van der Waals surface area (Å²) in [4.78, 5) is 14.4. The molecule has 0 aromatic heterocycles. The molecular formula is C23H28N2O2. The Kier molecular flexibility index (Phi) is 5.44. The molecule has 1 saturated heterocycles.